The van der Waals surface area contributed by atoms with Crippen LogP contribution in [-0.4, -0.2) is 36.6 Å². The zero-order chi connectivity index (χ0) is 23.1. The van der Waals surface area contributed by atoms with Gasteiger partial charge in [-0.3, -0.25) is 4.79 Å². The summed E-state index contributed by atoms with van der Waals surface area (Å²) < 4.78 is 59.1. The fourth-order valence-electron chi connectivity index (χ4n) is 3.17. The van der Waals surface area contributed by atoms with Gasteiger partial charge >= 0.3 is 0 Å². The molecule has 0 bridgehead atoms. The van der Waals surface area contributed by atoms with Gasteiger partial charge in [0, 0.05) is 13.1 Å². The molecule has 0 saturated carbocycles. The molecule has 3 aromatic rings. The summed E-state index contributed by atoms with van der Waals surface area (Å²) in [5.74, 6) is -0.850. The number of rotatable bonds is 10. The fraction of sp³-hybridized carbons (Fsp3) is 0.261. The van der Waals surface area contributed by atoms with E-state index in [0.717, 1.165) is 16.4 Å². The Morgan fingerprint density at radius 3 is 2.12 bits per heavy atom. The molecule has 0 unspecified atom stereocenters. The number of carbonyl (C=O) groups excluding carboxylic acids is 1. The molecule has 0 aliphatic carbocycles. The van der Waals surface area contributed by atoms with Crippen molar-refractivity contribution in [1.29, 1.82) is 0 Å². The van der Waals surface area contributed by atoms with Crippen LogP contribution in [0.5, 0.6) is 0 Å². The predicted octanol–water partition coefficient (Wildman–Crippen LogP) is 4.19. The van der Waals surface area contributed by atoms with E-state index in [1.54, 1.807) is 31.2 Å². The number of halogens is 2. The lowest BCUT2D eigenvalue weighted by molar-refractivity contribution is -0.133. The highest BCUT2D eigenvalue weighted by atomic mass is 32.2. The highest BCUT2D eigenvalue weighted by Crippen LogP contribution is 2.18. The van der Waals surface area contributed by atoms with Crippen LogP contribution in [0.3, 0.4) is 0 Å². The maximum absolute atomic E-state index is 13.3. The number of sulfonamides is 1. The molecule has 1 heterocycles. The van der Waals surface area contributed by atoms with Crippen LogP contribution in [0.4, 0.5) is 8.78 Å². The van der Waals surface area contributed by atoms with Gasteiger partial charge in [0.2, 0.25) is 15.9 Å². The third kappa shape index (κ3) is 6.02. The largest absolute Gasteiger partial charge is 0.467 e. The van der Waals surface area contributed by atoms with Gasteiger partial charge in [0.05, 0.1) is 24.2 Å². The second-order valence-corrected chi connectivity index (χ2v) is 9.19. The Labute approximate surface area is 186 Å². The van der Waals surface area contributed by atoms with Gasteiger partial charge < -0.3 is 9.32 Å². The Balaban J connectivity index is 1.83. The second kappa shape index (κ2) is 10.5. The van der Waals surface area contributed by atoms with Crippen molar-refractivity contribution in [3.63, 3.8) is 0 Å². The average Bonchev–Trinajstić information content (AvgIpc) is 3.28. The summed E-state index contributed by atoms with van der Waals surface area (Å²) in [5, 5.41) is 0. The Morgan fingerprint density at radius 1 is 0.938 bits per heavy atom. The first-order valence-corrected chi connectivity index (χ1v) is 11.5. The molecule has 3 rings (SSSR count). The van der Waals surface area contributed by atoms with E-state index in [4.69, 9.17) is 4.42 Å². The van der Waals surface area contributed by atoms with E-state index in [1.807, 2.05) is 0 Å². The van der Waals surface area contributed by atoms with Crippen LogP contribution in [0.25, 0.3) is 0 Å². The summed E-state index contributed by atoms with van der Waals surface area (Å²) in [6, 6.07) is 13.6. The quantitative estimate of drug-likeness (QED) is 0.453. The zero-order valence-electron chi connectivity index (χ0n) is 17.6. The van der Waals surface area contributed by atoms with E-state index in [9.17, 15) is 22.0 Å². The van der Waals surface area contributed by atoms with Crippen LogP contribution in [0.1, 0.15) is 24.7 Å². The number of carbonyl (C=O) groups is 1. The van der Waals surface area contributed by atoms with E-state index < -0.39 is 34.1 Å². The Kier molecular flexibility index (Phi) is 7.76. The summed E-state index contributed by atoms with van der Waals surface area (Å²) >= 11 is 0. The minimum atomic E-state index is -4.00. The summed E-state index contributed by atoms with van der Waals surface area (Å²) in [7, 11) is -4.00. The monoisotopic (exact) mass is 462 g/mol. The van der Waals surface area contributed by atoms with Gasteiger partial charge in [-0.15, -0.1) is 0 Å². The molecule has 0 atom stereocenters. The van der Waals surface area contributed by atoms with Gasteiger partial charge in [0.1, 0.15) is 17.4 Å². The molecule has 0 radical (unpaired) electrons. The standard InChI is InChI=1S/C23H24F2N2O4S/c1-2-13-27(32(29,30)22-11-9-20(25)10-12-22)17-23(28)26(16-21-4-3-14-31-21)15-18-5-7-19(24)8-6-18/h3-12,14H,2,13,15-17H2,1H3. The molecule has 2 aromatic carbocycles. The molecule has 0 spiro atoms. The van der Waals surface area contributed by atoms with Crippen molar-refractivity contribution in [3.05, 3.63) is 89.9 Å². The molecule has 0 aliphatic rings. The van der Waals surface area contributed by atoms with Crippen molar-refractivity contribution in [2.75, 3.05) is 13.1 Å². The summed E-state index contributed by atoms with van der Waals surface area (Å²) in [4.78, 5) is 14.6. The second-order valence-electron chi connectivity index (χ2n) is 7.25. The van der Waals surface area contributed by atoms with E-state index >= 15 is 0 Å². The number of nitrogens with zero attached hydrogens (tertiary/aromatic N) is 2. The number of amides is 1. The molecule has 0 fully saturated rings. The SMILES string of the molecule is CCCN(CC(=O)N(Cc1ccc(F)cc1)Cc1ccco1)S(=O)(=O)c1ccc(F)cc1. The average molecular weight is 463 g/mol. The van der Waals surface area contributed by atoms with Gasteiger partial charge in [-0.2, -0.15) is 4.31 Å². The van der Waals surface area contributed by atoms with Crippen molar-refractivity contribution in [1.82, 2.24) is 9.21 Å². The highest BCUT2D eigenvalue weighted by Gasteiger charge is 2.28. The van der Waals surface area contributed by atoms with Gasteiger partial charge in [0.25, 0.3) is 0 Å². The van der Waals surface area contributed by atoms with Gasteiger partial charge in [0.15, 0.2) is 0 Å². The first-order valence-electron chi connectivity index (χ1n) is 10.1. The molecule has 9 heteroatoms. The minimum Gasteiger partial charge on any atom is -0.467 e. The molecule has 6 nitrogen and oxygen atoms in total. The maximum atomic E-state index is 13.3. The van der Waals surface area contributed by atoms with E-state index in [2.05, 4.69) is 0 Å². The molecule has 0 aliphatic heterocycles. The maximum Gasteiger partial charge on any atom is 0.243 e. The lowest BCUT2D eigenvalue weighted by Crippen LogP contribution is -2.42. The molecule has 170 valence electrons. The lowest BCUT2D eigenvalue weighted by Gasteiger charge is -2.27. The number of hydrogen-bond acceptors (Lipinski definition) is 4. The Morgan fingerprint density at radius 2 is 1.56 bits per heavy atom. The van der Waals surface area contributed by atoms with Crippen molar-refractivity contribution < 1.29 is 26.4 Å². The number of hydrogen-bond donors (Lipinski definition) is 0. The smallest absolute Gasteiger partial charge is 0.243 e. The van der Waals surface area contributed by atoms with Crippen LogP contribution in [0, 0.1) is 11.6 Å². The Hall–Kier alpha value is -3.04. The number of furan rings is 1. The molecular formula is C23H24F2N2O4S. The topological polar surface area (TPSA) is 70.8 Å². The third-order valence-corrected chi connectivity index (χ3v) is 6.66. The molecule has 0 saturated heterocycles. The van der Waals surface area contributed by atoms with Crippen LogP contribution < -0.4 is 0 Å². The van der Waals surface area contributed by atoms with Crippen molar-refractivity contribution >= 4 is 15.9 Å². The minimum absolute atomic E-state index is 0.0868. The van der Waals surface area contributed by atoms with E-state index in [1.165, 1.54) is 35.4 Å². The van der Waals surface area contributed by atoms with Gasteiger partial charge in [-0.05, 0) is 60.5 Å². The van der Waals surface area contributed by atoms with Gasteiger partial charge in [-0.25, -0.2) is 17.2 Å². The third-order valence-electron chi connectivity index (χ3n) is 4.80. The molecular weight excluding hydrogens is 438 g/mol. The summed E-state index contributed by atoms with van der Waals surface area (Å²) in [6.07, 6.45) is 1.97. The van der Waals surface area contributed by atoms with Crippen molar-refractivity contribution in [2.24, 2.45) is 0 Å². The fourth-order valence-corrected chi connectivity index (χ4v) is 4.65. The number of benzene rings is 2. The summed E-state index contributed by atoms with van der Waals surface area (Å²) in [5.41, 5.74) is 0.690. The van der Waals surface area contributed by atoms with Crippen LogP contribution >= 0.6 is 0 Å². The normalized spacial score (nSPS) is 11.6. The van der Waals surface area contributed by atoms with Crippen LogP contribution in [0.2, 0.25) is 0 Å². The van der Waals surface area contributed by atoms with Crippen molar-refractivity contribution in [2.45, 2.75) is 31.3 Å². The predicted molar refractivity (Wildman–Crippen MR) is 115 cm³/mol. The molecule has 1 amide bonds. The molecule has 32 heavy (non-hydrogen) atoms. The van der Waals surface area contributed by atoms with Crippen LogP contribution in [-0.2, 0) is 27.9 Å². The van der Waals surface area contributed by atoms with E-state index in [0.29, 0.717) is 17.7 Å². The molecule has 0 N–H and O–H groups in total. The Bertz CT molecular complexity index is 1120. The lowest BCUT2D eigenvalue weighted by atomic mass is 10.2. The van der Waals surface area contributed by atoms with Crippen molar-refractivity contribution in [3.8, 4) is 0 Å². The first kappa shape index (κ1) is 23.6. The van der Waals surface area contributed by atoms with E-state index in [-0.39, 0.29) is 24.5 Å². The molecule has 1 aromatic heterocycles. The highest BCUT2D eigenvalue weighted by molar-refractivity contribution is 7.89. The zero-order valence-corrected chi connectivity index (χ0v) is 18.4. The van der Waals surface area contributed by atoms with Gasteiger partial charge in [-0.1, -0.05) is 19.1 Å². The summed E-state index contributed by atoms with van der Waals surface area (Å²) in [6.45, 7) is 1.80. The van der Waals surface area contributed by atoms with Crippen LogP contribution in [0.15, 0.2) is 76.2 Å². The first-order chi connectivity index (χ1) is 15.3.